The molecule has 5 heteroatoms. The lowest BCUT2D eigenvalue weighted by Crippen LogP contribution is -2.20. The minimum atomic E-state index is -0.0456. The molecular formula is C11H12ClN3O. The van der Waals surface area contributed by atoms with Crippen LogP contribution in [0.25, 0.3) is 11.0 Å². The summed E-state index contributed by atoms with van der Waals surface area (Å²) in [6.07, 6.45) is 3.61. The van der Waals surface area contributed by atoms with Gasteiger partial charge in [0, 0.05) is 24.2 Å². The van der Waals surface area contributed by atoms with Gasteiger partial charge in [0.05, 0.1) is 0 Å². The van der Waals surface area contributed by atoms with Gasteiger partial charge < -0.3 is 0 Å². The van der Waals surface area contributed by atoms with Crippen LogP contribution in [0.4, 0.5) is 0 Å². The number of aromatic nitrogens is 3. The van der Waals surface area contributed by atoms with Crippen LogP contribution in [-0.4, -0.2) is 14.5 Å². The highest BCUT2D eigenvalue weighted by atomic mass is 35.5. The van der Waals surface area contributed by atoms with Crippen molar-refractivity contribution in [3.8, 4) is 0 Å². The maximum atomic E-state index is 11.7. The summed E-state index contributed by atoms with van der Waals surface area (Å²) < 4.78 is 1.65. The second-order valence-electron chi connectivity index (χ2n) is 3.59. The third kappa shape index (κ3) is 2.07. The van der Waals surface area contributed by atoms with Gasteiger partial charge in [-0.05, 0) is 24.1 Å². The monoisotopic (exact) mass is 237 g/mol. The lowest BCUT2D eigenvalue weighted by Gasteiger charge is -2.07. The van der Waals surface area contributed by atoms with Crippen LogP contribution in [0.3, 0.4) is 0 Å². The summed E-state index contributed by atoms with van der Waals surface area (Å²) in [5.41, 5.74) is 0.566. The predicted molar refractivity (Wildman–Crippen MR) is 63.7 cm³/mol. The Bertz CT molecular complexity index is 565. The van der Waals surface area contributed by atoms with Gasteiger partial charge in [0.15, 0.2) is 0 Å². The van der Waals surface area contributed by atoms with Crippen molar-refractivity contribution in [3.05, 3.63) is 34.0 Å². The number of halogens is 1. The molecule has 0 N–H and O–H groups in total. The number of hydrogen-bond acceptors (Lipinski definition) is 3. The quantitative estimate of drug-likeness (QED) is 0.770. The van der Waals surface area contributed by atoms with E-state index in [1.54, 1.807) is 16.8 Å². The average Bonchev–Trinajstić information content (AvgIpc) is 2.28. The molecule has 0 amide bonds. The van der Waals surface area contributed by atoms with E-state index in [9.17, 15) is 4.79 Å². The van der Waals surface area contributed by atoms with Gasteiger partial charge in [0.1, 0.15) is 5.65 Å². The van der Waals surface area contributed by atoms with Gasteiger partial charge in [-0.3, -0.25) is 9.36 Å². The van der Waals surface area contributed by atoms with E-state index >= 15 is 0 Å². The standard InChI is InChI=1S/C11H12ClN3O/c1-2-3-6-15-9(16)5-4-8-7-13-11(12)14-10(8)15/h4-5,7H,2-3,6H2,1H3. The number of fused-ring (bicyclic) bond motifs is 1. The Labute approximate surface area is 97.9 Å². The van der Waals surface area contributed by atoms with Crippen LogP contribution in [0.15, 0.2) is 23.1 Å². The first-order valence-electron chi connectivity index (χ1n) is 5.24. The van der Waals surface area contributed by atoms with Gasteiger partial charge in [-0.1, -0.05) is 13.3 Å². The van der Waals surface area contributed by atoms with E-state index in [-0.39, 0.29) is 10.8 Å². The molecule has 0 bridgehead atoms. The summed E-state index contributed by atoms with van der Waals surface area (Å²) in [5.74, 6) is 0. The molecule has 84 valence electrons. The molecule has 0 aliphatic heterocycles. The van der Waals surface area contributed by atoms with E-state index in [0.717, 1.165) is 18.2 Å². The Morgan fingerprint density at radius 1 is 1.44 bits per heavy atom. The molecule has 0 aliphatic rings. The maximum Gasteiger partial charge on any atom is 0.252 e. The second-order valence-corrected chi connectivity index (χ2v) is 3.93. The van der Waals surface area contributed by atoms with E-state index < -0.39 is 0 Å². The minimum Gasteiger partial charge on any atom is -0.293 e. The molecule has 0 saturated carbocycles. The Kier molecular flexibility index (Phi) is 3.19. The van der Waals surface area contributed by atoms with Crippen molar-refractivity contribution < 1.29 is 0 Å². The molecule has 16 heavy (non-hydrogen) atoms. The summed E-state index contributed by atoms with van der Waals surface area (Å²) in [5, 5.41) is 1.00. The molecule has 0 saturated heterocycles. The van der Waals surface area contributed by atoms with Gasteiger partial charge in [0.2, 0.25) is 5.28 Å². The van der Waals surface area contributed by atoms with Gasteiger partial charge >= 0.3 is 0 Å². The van der Waals surface area contributed by atoms with Gasteiger partial charge in [-0.2, -0.15) is 4.98 Å². The molecule has 0 fully saturated rings. The first-order chi connectivity index (χ1) is 7.72. The Morgan fingerprint density at radius 3 is 3.00 bits per heavy atom. The first kappa shape index (κ1) is 11.1. The summed E-state index contributed by atoms with van der Waals surface area (Å²) in [4.78, 5) is 19.7. The second kappa shape index (κ2) is 4.61. The van der Waals surface area contributed by atoms with Crippen LogP contribution in [-0.2, 0) is 6.54 Å². The highest BCUT2D eigenvalue weighted by Gasteiger charge is 2.05. The molecule has 0 atom stereocenters. The van der Waals surface area contributed by atoms with Crippen LogP contribution >= 0.6 is 11.6 Å². The molecule has 4 nitrogen and oxygen atoms in total. The predicted octanol–water partition coefficient (Wildman–Crippen LogP) is 2.25. The molecule has 2 aromatic rings. The topological polar surface area (TPSA) is 47.8 Å². The Hall–Kier alpha value is -1.42. The molecule has 0 spiro atoms. The van der Waals surface area contributed by atoms with Crippen molar-refractivity contribution in [2.45, 2.75) is 26.3 Å². The highest BCUT2D eigenvalue weighted by Crippen LogP contribution is 2.11. The molecule has 0 aliphatic carbocycles. The largest absolute Gasteiger partial charge is 0.293 e. The van der Waals surface area contributed by atoms with Crippen LogP contribution in [0.1, 0.15) is 19.8 Å². The van der Waals surface area contributed by atoms with Crippen molar-refractivity contribution in [1.29, 1.82) is 0 Å². The van der Waals surface area contributed by atoms with Crippen LogP contribution < -0.4 is 5.56 Å². The van der Waals surface area contributed by atoms with Crippen LogP contribution in [0.5, 0.6) is 0 Å². The van der Waals surface area contributed by atoms with E-state index in [1.165, 1.54) is 6.07 Å². The van der Waals surface area contributed by atoms with Crippen molar-refractivity contribution in [2.75, 3.05) is 0 Å². The van der Waals surface area contributed by atoms with E-state index in [4.69, 9.17) is 11.6 Å². The van der Waals surface area contributed by atoms with Crippen molar-refractivity contribution in [2.24, 2.45) is 0 Å². The number of pyridine rings is 1. The van der Waals surface area contributed by atoms with E-state index in [1.807, 2.05) is 0 Å². The molecule has 0 radical (unpaired) electrons. The number of rotatable bonds is 3. The molecule has 0 unspecified atom stereocenters. The lowest BCUT2D eigenvalue weighted by atomic mass is 10.3. The zero-order chi connectivity index (χ0) is 11.5. The number of unbranched alkanes of at least 4 members (excludes halogenated alkanes) is 1. The first-order valence-corrected chi connectivity index (χ1v) is 5.62. The maximum absolute atomic E-state index is 11.7. The summed E-state index contributed by atoms with van der Waals surface area (Å²) in [6, 6.07) is 3.26. The number of nitrogens with zero attached hydrogens (tertiary/aromatic N) is 3. The molecule has 0 aromatic carbocycles. The number of hydrogen-bond donors (Lipinski definition) is 0. The summed E-state index contributed by atoms with van der Waals surface area (Å²) >= 11 is 5.74. The molecule has 2 heterocycles. The van der Waals surface area contributed by atoms with E-state index in [2.05, 4.69) is 16.9 Å². The van der Waals surface area contributed by atoms with Gasteiger partial charge in [-0.15, -0.1) is 0 Å². The smallest absolute Gasteiger partial charge is 0.252 e. The fraction of sp³-hybridized carbons (Fsp3) is 0.364. The normalized spacial score (nSPS) is 10.9. The zero-order valence-corrected chi connectivity index (χ0v) is 9.74. The lowest BCUT2D eigenvalue weighted by molar-refractivity contribution is 0.627. The van der Waals surface area contributed by atoms with Crippen molar-refractivity contribution in [1.82, 2.24) is 14.5 Å². The zero-order valence-electron chi connectivity index (χ0n) is 8.98. The highest BCUT2D eigenvalue weighted by molar-refractivity contribution is 6.28. The van der Waals surface area contributed by atoms with E-state index in [0.29, 0.717) is 12.2 Å². The summed E-state index contributed by atoms with van der Waals surface area (Å²) in [7, 11) is 0. The van der Waals surface area contributed by atoms with Gasteiger partial charge in [0.25, 0.3) is 5.56 Å². The van der Waals surface area contributed by atoms with Gasteiger partial charge in [-0.25, -0.2) is 4.98 Å². The SMILES string of the molecule is CCCCn1c(=O)ccc2cnc(Cl)nc21. The van der Waals surface area contributed by atoms with Crippen LogP contribution in [0.2, 0.25) is 5.28 Å². The summed E-state index contributed by atoms with van der Waals surface area (Å²) in [6.45, 7) is 2.75. The molecular weight excluding hydrogens is 226 g/mol. The Morgan fingerprint density at radius 2 is 2.25 bits per heavy atom. The molecule has 2 rings (SSSR count). The molecule has 2 aromatic heterocycles. The third-order valence-electron chi connectivity index (χ3n) is 2.43. The fourth-order valence-corrected chi connectivity index (χ4v) is 1.71. The minimum absolute atomic E-state index is 0.0456. The van der Waals surface area contributed by atoms with Crippen molar-refractivity contribution in [3.63, 3.8) is 0 Å². The fourth-order valence-electron chi connectivity index (χ4n) is 1.58. The number of aryl methyl sites for hydroxylation is 1. The Balaban J connectivity index is 2.63. The third-order valence-corrected chi connectivity index (χ3v) is 2.61. The van der Waals surface area contributed by atoms with Crippen LogP contribution in [0, 0.1) is 0 Å². The average molecular weight is 238 g/mol. The van der Waals surface area contributed by atoms with Crippen molar-refractivity contribution >= 4 is 22.6 Å².